The number of imidazole rings is 1. The molecule has 24 rings (SSSR count). The van der Waals surface area contributed by atoms with Crippen LogP contribution in [0.3, 0.4) is 0 Å². The van der Waals surface area contributed by atoms with E-state index < -0.39 is 0 Å². The Labute approximate surface area is 825 Å². The maximum absolute atomic E-state index is 13.2. The molecule has 2 radical (unpaired) electrons. The van der Waals surface area contributed by atoms with Gasteiger partial charge in [0.15, 0.2) is 5.82 Å². The Hall–Kier alpha value is -14.8. The summed E-state index contributed by atoms with van der Waals surface area (Å²) in [5.74, 6) is 5.95. The molecule has 5 aliphatic rings. The normalized spacial score (nSPS) is 12.8. The third-order valence-electron chi connectivity index (χ3n) is 22.5. The standard InChI is InChI=1S/C24H19N2.C19H16N4.C18H11F2N3.2C17H12N4.C15H15N3.3Ir/c1-15-11-12-21-20(13-15)18-9-4-5-10-19(18)24-25-14-22(26(21)24)23-16(2)7-6-8-17(23)3;1-14-8-6-7-11-16(14)18-20-12-17-19(21-18)22(2)13-23(17)15-9-4-3-5-10-15;19-13-3-7-15(8-4-13)22-12-23(16-9-5-14(20)6-10-16)18-17(22)2-1-11-21-18;2*1-3-7-14(8-4-1)20-13-21(15-9-5-2-6-10-15)17-16(20)18-11-12-19-17;1-12(2)17-11-18(13-7-4-3-5-8-13)15-14(17)9-6-10-16-15;;;/h4-9,11-14H,1-3H3;3-9,11-13H,1-2H3;1-9,11-12H;2*1-9,11-13H;3-7,9-12H,1-2H3;;;/q-1;5*-2;;;+3. The molecule has 0 bridgehead atoms. The summed E-state index contributed by atoms with van der Waals surface area (Å²) in [7, 11) is 2.00. The molecule has 674 valence electrons. The molecule has 0 spiro atoms. The molecule has 0 amide bonds. The summed E-state index contributed by atoms with van der Waals surface area (Å²) in [5.41, 5.74) is 21.0. The van der Waals surface area contributed by atoms with Crippen molar-refractivity contribution in [3.8, 4) is 22.6 Å². The van der Waals surface area contributed by atoms with Gasteiger partial charge in [-0.3, -0.25) is 9.37 Å². The second-order valence-electron chi connectivity index (χ2n) is 31.5. The van der Waals surface area contributed by atoms with Crippen LogP contribution in [0.5, 0.6) is 0 Å². The number of halogens is 2. The van der Waals surface area contributed by atoms with E-state index in [2.05, 4.69) is 205 Å². The van der Waals surface area contributed by atoms with Crippen LogP contribution in [-0.4, -0.2) is 62.3 Å². The number of hydrogen-bond acceptors (Lipinski definition) is 19. The van der Waals surface area contributed by atoms with Crippen LogP contribution < -0.4 is 49.0 Å². The largest absolute Gasteiger partial charge is 3.00 e. The molecule has 0 saturated carbocycles. The van der Waals surface area contributed by atoms with Gasteiger partial charge in [-0.05, 0) is 156 Å². The molecule has 19 aromatic rings. The first-order valence-electron chi connectivity index (χ1n) is 43.0. The molecule has 12 aromatic carbocycles. The van der Waals surface area contributed by atoms with Crippen LogP contribution in [0, 0.1) is 109 Å². The quantitative estimate of drug-likeness (QED) is 0.0890. The Morgan fingerprint density at radius 1 is 0.341 bits per heavy atom. The third kappa shape index (κ3) is 19.7. The molecular weight excluding hydrogens is 2220 g/mol. The summed E-state index contributed by atoms with van der Waals surface area (Å²) in [6.45, 7) is 22.8. The van der Waals surface area contributed by atoms with Gasteiger partial charge in [0.2, 0.25) is 0 Å². The number of aromatic nitrogens is 10. The van der Waals surface area contributed by atoms with E-state index in [4.69, 9.17) is 9.97 Å². The van der Waals surface area contributed by atoms with Gasteiger partial charge in [0.1, 0.15) is 46.5 Å². The molecule has 0 unspecified atom stereocenters. The fourth-order valence-corrected chi connectivity index (χ4v) is 16.3. The van der Waals surface area contributed by atoms with E-state index in [1.807, 2.05) is 281 Å². The first kappa shape index (κ1) is 93.4. The Bertz CT molecular complexity index is 6880. The van der Waals surface area contributed by atoms with E-state index in [0.717, 1.165) is 120 Å². The van der Waals surface area contributed by atoms with Crippen molar-refractivity contribution in [2.24, 2.45) is 0 Å². The SMILES string of the molecule is CC(C)N1[CH-]N(c2[c-]cccc2)c2ncccc21.Cc1ccc2c(c1)c1ccc[c-]c1c1ncc(-c3c(C)cccc3C)n21.Cc1ccccc1-c1ncc2c(n1)N(C)[CH-]N2c1[c-]cccc1.Fc1c[c-]c(N2[CH-]N(c3ccc(F)cc3)c3cccnc32)cc1.[Ir+3].[Ir].[Ir].[c-]1ccccc1N1[CH-]N(c2ccccc2)c2nccnc21.[c-]1ccccc1N1[CH-]N(c2ccccc2)c2nccnc21. The Morgan fingerprint density at radius 3 is 1.36 bits per heavy atom. The Morgan fingerprint density at radius 2 is 0.815 bits per heavy atom. The van der Waals surface area contributed by atoms with Gasteiger partial charge in [-0.2, -0.15) is 134 Å². The summed E-state index contributed by atoms with van der Waals surface area (Å²) in [5, 5.41) is 3.52. The maximum Gasteiger partial charge on any atom is 3.00 e. The predicted octanol–water partition coefficient (Wildman–Crippen LogP) is 25.3. The molecule has 0 N–H and O–H groups in total. The van der Waals surface area contributed by atoms with E-state index in [-0.39, 0.29) is 72.0 Å². The number of fused-ring (bicyclic) bond motifs is 11. The van der Waals surface area contributed by atoms with E-state index in [1.165, 1.54) is 68.4 Å². The van der Waals surface area contributed by atoms with E-state index in [1.54, 1.807) is 49.2 Å². The van der Waals surface area contributed by atoms with E-state index in [9.17, 15) is 8.78 Å². The minimum atomic E-state index is -0.343. The van der Waals surface area contributed by atoms with Gasteiger partial charge in [-0.25, -0.2) is 44.3 Å². The average molecular weight is 2300 g/mol. The van der Waals surface area contributed by atoms with Crippen molar-refractivity contribution in [2.75, 3.05) is 56.0 Å². The molecule has 5 aliphatic heterocycles. The molecule has 12 heterocycles. The summed E-state index contributed by atoms with van der Waals surface area (Å²) >= 11 is 0. The monoisotopic (exact) mass is 2300 g/mol. The van der Waals surface area contributed by atoms with Crippen molar-refractivity contribution in [2.45, 2.75) is 47.6 Å². The van der Waals surface area contributed by atoms with Crippen LogP contribution in [0.1, 0.15) is 36.1 Å². The van der Waals surface area contributed by atoms with E-state index >= 15 is 0 Å². The fourth-order valence-electron chi connectivity index (χ4n) is 16.3. The van der Waals surface area contributed by atoms with Gasteiger partial charge in [-0.15, -0.1) is 103 Å². The van der Waals surface area contributed by atoms with Crippen molar-refractivity contribution in [1.82, 2.24) is 49.3 Å². The van der Waals surface area contributed by atoms with Gasteiger partial charge in [-0.1, -0.05) is 102 Å². The number of pyridine rings is 3. The molecular formula is C110H85F2Ir3N20-8. The predicted molar refractivity (Wildman–Crippen MR) is 524 cm³/mol. The topological polar surface area (TPSA) is 153 Å². The second kappa shape index (κ2) is 42.4. The number of para-hydroxylation sites is 6. The van der Waals surface area contributed by atoms with Gasteiger partial charge in [0.25, 0.3) is 0 Å². The number of aryl methyl sites for hydroxylation is 4. The van der Waals surface area contributed by atoms with Crippen LogP contribution >= 0.6 is 0 Å². The molecule has 7 aromatic heterocycles. The molecule has 20 nitrogen and oxygen atoms in total. The first-order chi connectivity index (χ1) is 64.7. The molecule has 25 heteroatoms. The van der Waals surface area contributed by atoms with Gasteiger partial charge in [0, 0.05) is 129 Å². The summed E-state index contributed by atoms with van der Waals surface area (Å²) < 4.78 is 28.6. The van der Waals surface area contributed by atoms with Crippen molar-refractivity contribution in [3.05, 3.63) is 457 Å². The smallest absolute Gasteiger partial charge is 0.498 e. The summed E-state index contributed by atoms with van der Waals surface area (Å²) in [4.78, 5) is 61.0. The van der Waals surface area contributed by atoms with E-state index in [0.29, 0.717) is 17.5 Å². The number of rotatable bonds is 11. The number of hydrogen-bond donors (Lipinski definition) is 0. The van der Waals surface area contributed by atoms with Gasteiger partial charge >= 0.3 is 20.1 Å². The zero-order valence-electron chi connectivity index (χ0n) is 74.2. The minimum Gasteiger partial charge on any atom is -0.498 e. The van der Waals surface area contributed by atoms with Crippen LogP contribution in [-0.2, 0) is 60.3 Å². The fraction of sp³-hybridized carbons (Fsp3) is 0.0727. The first-order valence-corrected chi connectivity index (χ1v) is 43.0. The minimum absolute atomic E-state index is 0. The van der Waals surface area contributed by atoms with Crippen LogP contribution in [0.4, 0.5) is 112 Å². The number of nitrogens with zero attached hydrogens (tertiary/aromatic N) is 20. The van der Waals surface area contributed by atoms with Crippen molar-refractivity contribution in [1.29, 1.82) is 0 Å². The average Bonchev–Trinajstić information content (AvgIpc) is 1.40. The van der Waals surface area contributed by atoms with Crippen LogP contribution in [0.15, 0.2) is 353 Å². The molecule has 135 heavy (non-hydrogen) atoms. The molecule has 0 fully saturated rings. The van der Waals surface area contributed by atoms with Gasteiger partial charge in [0.05, 0.1) is 28.9 Å². The van der Waals surface area contributed by atoms with Crippen molar-refractivity contribution < 1.29 is 69.1 Å². The maximum atomic E-state index is 13.2. The Balaban J connectivity index is 0.000000117. The van der Waals surface area contributed by atoms with Gasteiger partial charge < -0.3 is 53.4 Å². The summed E-state index contributed by atoms with van der Waals surface area (Å²) in [6, 6.07) is 117. The third-order valence-corrected chi connectivity index (χ3v) is 22.5. The van der Waals surface area contributed by atoms with Crippen molar-refractivity contribution in [3.63, 3.8) is 0 Å². The van der Waals surface area contributed by atoms with Crippen LogP contribution in [0.25, 0.3) is 50.0 Å². The summed E-state index contributed by atoms with van der Waals surface area (Å²) in [6.07, 6.45) is 14.2. The molecule has 0 atom stereocenters. The molecule has 0 aliphatic carbocycles. The molecule has 0 saturated heterocycles. The van der Waals surface area contributed by atoms with Crippen molar-refractivity contribution >= 4 is 131 Å². The van der Waals surface area contributed by atoms with Crippen LogP contribution in [0.2, 0.25) is 0 Å². The zero-order chi connectivity index (χ0) is 90.1. The Kier molecular flexibility index (Phi) is 29.3. The second-order valence-corrected chi connectivity index (χ2v) is 31.5. The number of benzene rings is 12. The zero-order valence-corrected chi connectivity index (χ0v) is 81.3. The number of anilines is 18.